The molecule has 106 valence electrons. The molecule has 2 aliphatic heterocycles. The third-order valence-electron chi connectivity index (χ3n) is 4.67. The van der Waals surface area contributed by atoms with Crippen molar-refractivity contribution >= 4 is 5.97 Å². The first-order valence-corrected chi connectivity index (χ1v) is 7.51. The quantitative estimate of drug-likeness (QED) is 0.564. The van der Waals surface area contributed by atoms with E-state index >= 15 is 0 Å². The lowest BCUT2D eigenvalue weighted by molar-refractivity contribution is -0.157. The topological polar surface area (TPSA) is 29.5 Å². The molecule has 4 atom stereocenters. The lowest BCUT2D eigenvalue weighted by Crippen LogP contribution is -2.43. The highest BCUT2D eigenvalue weighted by molar-refractivity contribution is 5.73. The first-order chi connectivity index (χ1) is 9.15. The van der Waals surface area contributed by atoms with E-state index in [0.29, 0.717) is 18.5 Å². The van der Waals surface area contributed by atoms with E-state index in [1.807, 2.05) is 0 Å². The molecule has 3 heteroatoms. The van der Waals surface area contributed by atoms with Gasteiger partial charge in [-0.3, -0.25) is 4.79 Å². The third kappa shape index (κ3) is 3.30. The summed E-state index contributed by atoms with van der Waals surface area (Å²) in [5.41, 5.74) is 0. The van der Waals surface area contributed by atoms with Crippen LogP contribution < -0.4 is 0 Å². The van der Waals surface area contributed by atoms with Crippen molar-refractivity contribution in [3.63, 3.8) is 0 Å². The molecule has 2 saturated heterocycles. The molecule has 0 aromatic carbocycles. The van der Waals surface area contributed by atoms with Crippen LogP contribution in [0.2, 0.25) is 0 Å². The van der Waals surface area contributed by atoms with Crippen LogP contribution in [0.25, 0.3) is 0 Å². The van der Waals surface area contributed by atoms with Crippen molar-refractivity contribution < 1.29 is 9.53 Å². The van der Waals surface area contributed by atoms with Crippen molar-refractivity contribution in [2.75, 3.05) is 7.05 Å². The maximum atomic E-state index is 12.2. The largest absolute Gasteiger partial charge is 0.462 e. The molecule has 0 radical (unpaired) electrons. The lowest BCUT2D eigenvalue weighted by Gasteiger charge is -2.36. The Balaban J connectivity index is 1.87. The molecule has 0 aromatic rings. The molecular weight excluding hydrogens is 238 g/mol. The molecule has 2 bridgehead atoms. The fourth-order valence-electron chi connectivity index (χ4n) is 3.51. The Kier molecular flexibility index (Phi) is 4.87. The van der Waals surface area contributed by atoms with E-state index in [1.54, 1.807) is 0 Å². The molecule has 19 heavy (non-hydrogen) atoms. The van der Waals surface area contributed by atoms with Gasteiger partial charge in [-0.2, -0.15) is 0 Å². The van der Waals surface area contributed by atoms with Crippen LogP contribution in [0.5, 0.6) is 0 Å². The average molecular weight is 263 g/mol. The minimum atomic E-state index is -0.104. The Hall–Kier alpha value is -1.01. The molecule has 2 heterocycles. The van der Waals surface area contributed by atoms with Gasteiger partial charge in [-0.25, -0.2) is 0 Å². The first-order valence-electron chi connectivity index (χ1n) is 7.51. The van der Waals surface area contributed by atoms with E-state index < -0.39 is 0 Å². The summed E-state index contributed by atoms with van der Waals surface area (Å²) >= 11 is 0. The second-order valence-electron chi connectivity index (χ2n) is 5.97. The molecule has 0 amide bonds. The van der Waals surface area contributed by atoms with Crippen LogP contribution in [0.3, 0.4) is 0 Å². The van der Waals surface area contributed by atoms with Crippen LogP contribution in [0.4, 0.5) is 0 Å². The number of fused-ring (bicyclic) bond motifs is 2. The normalized spacial score (nSPS) is 31.7. The smallest absolute Gasteiger partial charge is 0.310 e. The second-order valence-corrected chi connectivity index (χ2v) is 5.97. The van der Waals surface area contributed by atoms with Crippen LogP contribution in [0, 0.1) is 18.3 Å². The van der Waals surface area contributed by atoms with Gasteiger partial charge in [0.25, 0.3) is 0 Å². The zero-order valence-electron chi connectivity index (χ0n) is 12.1. The zero-order chi connectivity index (χ0) is 13.8. The first kappa shape index (κ1) is 14.4. The summed E-state index contributed by atoms with van der Waals surface area (Å²) in [6.07, 6.45) is 12.2. The molecule has 0 N–H and O–H groups in total. The summed E-state index contributed by atoms with van der Waals surface area (Å²) in [5, 5.41) is 0. The molecular formula is C16H25NO2. The highest BCUT2D eigenvalue weighted by Gasteiger charge is 2.40. The van der Waals surface area contributed by atoms with E-state index in [2.05, 4.69) is 24.8 Å². The minimum absolute atomic E-state index is 0.0752. The van der Waals surface area contributed by atoms with Crippen molar-refractivity contribution in [1.29, 1.82) is 0 Å². The monoisotopic (exact) mass is 263 g/mol. The number of nitrogens with zero attached hydrogens (tertiary/aromatic N) is 1. The number of piperidine rings is 1. The Labute approximate surface area is 116 Å². The van der Waals surface area contributed by atoms with Crippen LogP contribution >= 0.6 is 0 Å². The Morgan fingerprint density at radius 1 is 1.42 bits per heavy atom. The fraction of sp³-hybridized carbons (Fsp3) is 0.812. The Bertz CT molecular complexity index is 346. The predicted molar refractivity (Wildman–Crippen MR) is 75.5 cm³/mol. The average Bonchev–Trinajstić information content (AvgIpc) is 2.62. The van der Waals surface area contributed by atoms with Crippen molar-refractivity contribution in [3.05, 3.63) is 0 Å². The van der Waals surface area contributed by atoms with Crippen LogP contribution in [-0.4, -0.2) is 36.1 Å². The van der Waals surface area contributed by atoms with Crippen LogP contribution in [0.15, 0.2) is 0 Å². The molecule has 2 unspecified atom stereocenters. The summed E-state index contributed by atoms with van der Waals surface area (Å²) in [4.78, 5) is 14.6. The molecule has 3 nitrogen and oxygen atoms in total. The molecule has 2 fully saturated rings. The number of ether oxygens (including phenoxy) is 1. The highest BCUT2D eigenvalue weighted by Crippen LogP contribution is 2.35. The SMILES string of the molecule is C#CCC(CCC)C(=O)OC1C[C@H]2CC[C@@H](C1)N2C. The van der Waals surface area contributed by atoms with Gasteiger partial charge >= 0.3 is 5.97 Å². The van der Waals surface area contributed by atoms with Crippen molar-refractivity contribution in [2.24, 2.45) is 5.92 Å². The molecule has 2 aliphatic rings. The van der Waals surface area contributed by atoms with Gasteiger partial charge in [0, 0.05) is 18.5 Å². The predicted octanol–water partition coefficient (Wildman–Crippen LogP) is 2.59. The maximum absolute atomic E-state index is 12.2. The van der Waals surface area contributed by atoms with Crippen LogP contribution in [-0.2, 0) is 9.53 Å². The minimum Gasteiger partial charge on any atom is -0.462 e. The van der Waals surface area contributed by atoms with Gasteiger partial charge in [-0.15, -0.1) is 12.3 Å². The van der Waals surface area contributed by atoms with E-state index in [4.69, 9.17) is 11.2 Å². The number of carbonyl (C=O) groups excluding carboxylic acids is 1. The number of hydrogen-bond donors (Lipinski definition) is 0. The number of terminal acetylenes is 1. The van der Waals surface area contributed by atoms with Crippen molar-refractivity contribution in [2.45, 2.75) is 70.1 Å². The summed E-state index contributed by atoms with van der Waals surface area (Å²) in [6, 6.07) is 1.21. The van der Waals surface area contributed by atoms with Gasteiger partial charge in [-0.1, -0.05) is 13.3 Å². The second kappa shape index (κ2) is 6.43. The summed E-state index contributed by atoms with van der Waals surface area (Å²) in [5.74, 6) is 2.42. The summed E-state index contributed by atoms with van der Waals surface area (Å²) in [6.45, 7) is 2.08. The fourth-order valence-corrected chi connectivity index (χ4v) is 3.51. The Morgan fingerprint density at radius 2 is 2.05 bits per heavy atom. The zero-order valence-corrected chi connectivity index (χ0v) is 12.1. The van der Waals surface area contributed by atoms with Gasteiger partial charge in [0.2, 0.25) is 0 Å². The summed E-state index contributed by atoms with van der Waals surface area (Å²) < 4.78 is 5.73. The highest BCUT2D eigenvalue weighted by atomic mass is 16.5. The third-order valence-corrected chi connectivity index (χ3v) is 4.67. The Morgan fingerprint density at radius 3 is 2.58 bits per heavy atom. The molecule has 0 aromatic heterocycles. The summed E-state index contributed by atoms with van der Waals surface area (Å²) in [7, 11) is 2.19. The van der Waals surface area contributed by atoms with Crippen LogP contribution in [0.1, 0.15) is 51.9 Å². The van der Waals surface area contributed by atoms with E-state index in [-0.39, 0.29) is 18.0 Å². The number of hydrogen-bond acceptors (Lipinski definition) is 3. The lowest BCUT2D eigenvalue weighted by atomic mass is 9.98. The van der Waals surface area contributed by atoms with Gasteiger partial charge in [0.15, 0.2) is 0 Å². The molecule has 0 aliphatic carbocycles. The molecule has 0 spiro atoms. The van der Waals surface area contributed by atoms with Crippen molar-refractivity contribution in [3.8, 4) is 12.3 Å². The van der Waals surface area contributed by atoms with E-state index in [9.17, 15) is 4.79 Å². The molecule has 0 saturated carbocycles. The van der Waals surface area contributed by atoms with E-state index in [1.165, 1.54) is 12.8 Å². The van der Waals surface area contributed by atoms with Crippen molar-refractivity contribution in [1.82, 2.24) is 4.90 Å². The van der Waals surface area contributed by atoms with Gasteiger partial charge in [0.05, 0.1) is 5.92 Å². The number of carbonyl (C=O) groups is 1. The maximum Gasteiger partial charge on any atom is 0.310 e. The van der Waals surface area contributed by atoms with Gasteiger partial charge in [0.1, 0.15) is 6.10 Å². The molecule has 2 rings (SSSR count). The van der Waals surface area contributed by atoms with Gasteiger partial charge < -0.3 is 9.64 Å². The standard InChI is InChI=1S/C16H25NO2/c1-4-6-12(7-5-2)16(18)19-15-10-13-8-9-14(11-15)17(13)3/h1,12-15H,5-11H2,2-3H3/t12?,13-,14+,15?. The van der Waals surface area contributed by atoms with Gasteiger partial charge in [-0.05, 0) is 39.2 Å². The number of rotatable bonds is 5. The van der Waals surface area contributed by atoms with E-state index in [0.717, 1.165) is 25.7 Å². The number of esters is 1.